The van der Waals surface area contributed by atoms with E-state index in [1.54, 1.807) is 18.6 Å². The van der Waals surface area contributed by atoms with Gasteiger partial charge in [0, 0.05) is 30.5 Å². The highest BCUT2D eigenvalue weighted by molar-refractivity contribution is 5.77. The van der Waals surface area contributed by atoms with Gasteiger partial charge in [-0.15, -0.1) is 0 Å². The van der Waals surface area contributed by atoms with Crippen molar-refractivity contribution in [1.82, 2.24) is 15.0 Å². The third-order valence-electron chi connectivity index (χ3n) is 2.67. The first-order valence-electron chi connectivity index (χ1n) is 5.76. The Morgan fingerprint density at radius 1 is 1.00 bits per heavy atom. The molecular formula is C14H12N4. The lowest BCUT2D eigenvalue weighted by Crippen LogP contribution is -2.03. The van der Waals surface area contributed by atoms with Gasteiger partial charge in [-0.05, 0) is 11.6 Å². The molecule has 1 aromatic carbocycles. The maximum absolute atomic E-state index is 4.43. The average molecular weight is 236 g/mol. The summed E-state index contributed by atoms with van der Waals surface area (Å²) in [6.45, 7) is 0.720. The fourth-order valence-corrected chi connectivity index (χ4v) is 1.74. The number of fused-ring (bicyclic) bond motifs is 1. The molecule has 1 N–H and O–H groups in total. The van der Waals surface area contributed by atoms with Crippen LogP contribution in [-0.4, -0.2) is 15.0 Å². The number of nitrogens with zero attached hydrogens (tertiary/aromatic N) is 3. The first-order chi connectivity index (χ1) is 8.92. The number of hydrogen-bond donors (Lipinski definition) is 1. The highest BCUT2D eigenvalue weighted by atomic mass is 15.1. The zero-order valence-electron chi connectivity index (χ0n) is 9.74. The van der Waals surface area contributed by atoms with Crippen molar-refractivity contribution in [1.29, 1.82) is 0 Å². The zero-order valence-corrected chi connectivity index (χ0v) is 9.74. The Hall–Kier alpha value is -2.49. The molecule has 0 bridgehead atoms. The molecule has 2 heterocycles. The molecule has 0 amide bonds. The van der Waals surface area contributed by atoms with Gasteiger partial charge in [0.15, 0.2) is 0 Å². The summed E-state index contributed by atoms with van der Waals surface area (Å²) >= 11 is 0. The Bertz CT molecular complexity index is 652. The van der Waals surface area contributed by atoms with Gasteiger partial charge < -0.3 is 5.32 Å². The number of hydrogen-bond acceptors (Lipinski definition) is 4. The monoisotopic (exact) mass is 236 g/mol. The van der Waals surface area contributed by atoms with E-state index in [0.29, 0.717) is 5.95 Å². The van der Waals surface area contributed by atoms with Gasteiger partial charge in [0.05, 0.1) is 5.52 Å². The highest BCUT2D eigenvalue weighted by Gasteiger charge is 1.99. The van der Waals surface area contributed by atoms with Crippen LogP contribution in [0.5, 0.6) is 0 Å². The largest absolute Gasteiger partial charge is 0.350 e. The molecule has 4 nitrogen and oxygen atoms in total. The SMILES string of the molecule is c1ccc(CNc2ncc3cnccc3n2)cc1. The van der Waals surface area contributed by atoms with Gasteiger partial charge in [0.25, 0.3) is 0 Å². The summed E-state index contributed by atoms with van der Waals surface area (Å²) < 4.78 is 0. The minimum absolute atomic E-state index is 0.637. The number of anilines is 1. The standard InChI is InChI=1S/C14H12N4/c1-2-4-11(5-3-1)8-16-14-17-10-12-9-15-7-6-13(12)18-14/h1-7,9-10H,8H2,(H,16,17,18). The van der Waals surface area contributed by atoms with Crippen LogP contribution in [0.3, 0.4) is 0 Å². The normalized spacial score (nSPS) is 10.4. The van der Waals surface area contributed by atoms with Crippen molar-refractivity contribution in [2.24, 2.45) is 0 Å². The second-order valence-electron chi connectivity index (χ2n) is 3.97. The van der Waals surface area contributed by atoms with Crippen molar-refractivity contribution in [3.05, 3.63) is 60.6 Å². The molecule has 0 saturated heterocycles. The molecule has 4 heteroatoms. The topological polar surface area (TPSA) is 50.7 Å². The molecule has 0 aliphatic heterocycles. The Morgan fingerprint density at radius 3 is 2.78 bits per heavy atom. The van der Waals surface area contributed by atoms with Crippen LogP contribution in [0.15, 0.2) is 55.0 Å². The second-order valence-corrected chi connectivity index (χ2v) is 3.97. The van der Waals surface area contributed by atoms with E-state index < -0.39 is 0 Å². The predicted molar refractivity (Wildman–Crippen MR) is 71.1 cm³/mol. The van der Waals surface area contributed by atoms with Crippen molar-refractivity contribution in [3.63, 3.8) is 0 Å². The highest BCUT2D eigenvalue weighted by Crippen LogP contribution is 2.11. The fraction of sp³-hybridized carbons (Fsp3) is 0.0714. The fourth-order valence-electron chi connectivity index (χ4n) is 1.74. The number of aromatic nitrogens is 3. The molecule has 0 fully saturated rings. The third-order valence-corrected chi connectivity index (χ3v) is 2.67. The van der Waals surface area contributed by atoms with E-state index in [9.17, 15) is 0 Å². The van der Waals surface area contributed by atoms with Crippen LogP contribution in [-0.2, 0) is 6.54 Å². The van der Waals surface area contributed by atoms with Gasteiger partial charge in [-0.25, -0.2) is 9.97 Å². The molecule has 0 radical (unpaired) electrons. The lowest BCUT2D eigenvalue weighted by atomic mass is 10.2. The molecule has 88 valence electrons. The maximum Gasteiger partial charge on any atom is 0.223 e. The number of nitrogens with one attached hydrogen (secondary N) is 1. The van der Waals surface area contributed by atoms with E-state index in [1.807, 2.05) is 24.3 Å². The van der Waals surface area contributed by atoms with Crippen molar-refractivity contribution in [3.8, 4) is 0 Å². The summed E-state index contributed by atoms with van der Waals surface area (Å²) in [5.74, 6) is 0.637. The molecule has 2 aromatic heterocycles. The van der Waals surface area contributed by atoms with Crippen molar-refractivity contribution in [2.45, 2.75) is 6.54 Å². The van der Waals surface area contributed by atoms with Crippen molar-refractivity contribution >= 4 is 16.9 Å². The summed E-state index contributed by atoms with van der Waals surface area (Å²) in [5, 5.41) is 4.16. The summed E-state index contributed by atoms with van der Waals surface area (Å²) in [7, 11) is 0. The van der Waals surface area contributed by atoms with E-state index in [-0.39, 0.29) is 0 Å². The number of rotatable bonds is 3. The van der Waals surface area contributed by atoms with Crippen LogP contribution in [0.4, 0.5) is 5.95 Å². The van der Waals surface area contributed by atoms with Gasteiger partial charge in [-0.1, -0.05) is 30.3 Å². The molecular weight excluding hydrogens is 224 g/mol. The van der Waals surface area contributed by atoms with Crippen molar-refractivity contribution in [2.75, 3.05) is 5.32 Å². The summed E-state index contributed by atoms with van der Waals surface area (Å²) in [6, 6.07) is 12.1. The summed E-state index contributed by atoms with van der Waals surface area (Å²) in [4.78, 5) is 12.7. The molecule has 0 aliphatic carbocycles. The Kier molecular flexibility index (Phi) is 2.84. The van der Waals surface area contributed by atoms with E-state index in [1.165, 1.54) is 5.56 Å². The smallest absolute Gasteiger partial charge is 0.223 e. The van der Waals surface area contributed by atoms with Crippen LogP contribution in [0, 0.1) is 0 Å². The Morgan fingerprint density at radius 2 is 1.89 bits per heavy atom. The zero-order chi connectivity index (χ0) is 12.2. The van der Waals surface area contributed by atoms with Crippen LogP contribution in [0.2, 0.25) is 0 Å². The maximum atomic E-state index is 4.43. The second kappa shape index (κ2) is 4.79. The van der Waals surface area contributed by atoms with Crippen LogP contribution in [0.25, 0.3) is 10.9 Å². The quantitative estimate of drug-likeness (QED) is 0.759. The predicted octanol–water partition coefficient (Wildman–Crippen LogP) is 2.64. The molecule has 0 atom stereocenters. The molecule has 0 saturated carbocycles. The lowest BCUT2D eigenvalue weighted by Gasteiger charge is -2.05. The lowest BCUT2D eigenvalue weighted by molar-refractivity contribution is 1.07. The van der Waals surface area contributed by atoms with Crippen LogP contribution >= 0.6 is 0 Å². The minimum atomic E-state index is 0.637. The van der Waals surface area contributed by atoms with Gasteiger partial charge in [-0.3, -0.25) is 4.98 Å². The first-order valence-corrected chi connectivity index (χ1v) is 5.76. The van der Waals surface area contributed by atoms with E-state index in [4.69, 9.17) is 0 Å². The van der Waals surface area contributed by atoms with Gasteiger partial charge in [0.1, 0.15) is 0 Å². The summed E-state index contributed by atoms with van der Waals surface area (Å²) in [5.41, 5.74) is 2.10. The van der Waals surface area contributed by atoms with Crippen molar-refractivity contribution < 1.29 is 0 Å². The van der Waals surface area contributed by atoms with Crippen LogP contribution < -0.4 is 5.32 Å². The minimum Gasteiger partial charge on any atom is -0.350 e. The Balaban J connectivity index is 1.79. The molecule has 3 aromatic rings. The van der Waals surface area contributed by atoms with Crippen LogP contribution in [0.1, 0.15) is 5.56 Å². The van der Waals surface area contributed by atoms with Gasteiger partial charge >= 0.3 is 0 Å². The van der Waals surface area contributed by atoms with E-state index in [0.717, 1.165) is 17.4 Å². The Labute approximate surface area is 105 Å². The van der Waals surface area contributed by atoms with E-state index in [2.05, 4.69) is 32.4 Å². The molecule has 3 rings (SSSR count). The van der Waals surface area contributed by atoms with E-state index >= 15 is 0 Å². The van der Waals surface area contributed by atoms with Gasteiger partial charge in [0.2, 0.25) is 5.95 Å². The molecule has 18 heavy (non-hydrogen) atoms. The first kappa shape index (κ1) is 10.7. The summed E-state index contributed by atoms with van der Waals surface area (Å²) in [6.07, 6.45) is 5.27. The number of pyridine rings is 1. The average Bonchev–Trinajstić information content (AvgIpc) is 2.46. The van der Waals surface area contributed by atoms with Gasteiger partial charge in [-0.2, -0.15) is 0 Å². The molecule has 0 aliphatic rings. The number of benzene rings is 1. The third kappa shape index (κ3) is 2.27. The molecule has 0 spiro atoms. The molecule has 0 unspecified atom stereocenters.